The number of nitrogens with two attached hydrogens (primary N) is 1. The Morgan fingerprint density at radius 3 is 2.50 bits per heavy atom. The third-order valence-corrected chi connectivity index (χ3v) is 1.06. The molecular formula is C8H15NO. The number of allylic oxidation sites excluding steroid dienone is 3. The van der Waals surface area contributed by atoms with Gasteiger partial charge in [-0.25, -0.2) is 0 Å². The molecule has 2 nitrogen and oxygen atoms in total. The second kappa shape index (κ2) is 8.40. The topological polar surface area (TPSA) is 46.2 Å². The molecule has 0 unspecified atom stereocenters. The molecular weight excluding hydrogens is 126 g/mol. The van der Waals surface area contributed by atoms with Gasteiger partial charge in [-0.2, -0.15) is 0 Å². The summed E-state index contributed by atoms with van der Waals surface area (Å²) in [4.78, 5) is 0. The quantitative estimate of drug-likeness (QED) is 0.440. The lowest BCUT2D eigenvalue weighted by atomic mass is 10.3. The van der Waals surface area contributed by atoms with Crippen LogP contribution in [-0.2, 0) is 0 Å². The highest BCUT2D eigenvalue weighted by molar-refractivity contribution is 5.02. The molecule has 0 radical (unpaired) electrons. The molecule has 0 aliphatic heterocycles. The highest BCUT2D eigenvalue weighted by Crippen LogP contribution is 1.87. The Labute approximate surface area is 62.0 Å². The molecule has 58 valence electrons. The van der Waals surface area contributed by atoms with Crippen LogP contribution in [0.5, 0.6) is 0 Å². The van der Waals surface area contributed by atoms with Gasteiger partial charge in [-0.3, -0.25) is 0 Å². The van der Waals surface area contributed by atoms with Gasteiger partial charge in [0.2, 0.25) is 0 Å². The summed E-state index contributed by atoms with van der Waals surface area (Å²) in [6.07, 6.45) is 9.54. The Kier molecular flexibility index (Phi) is 7.90. The minimum Gasteiger partial charge on any atom is -0.392 e. The van der Waals surface area contributed by atoms with Crippen molar-refractivity contribution in [1.82, 2.24) is 0 Å². The summed E-state index contributed by atoms with van der Waals surface area (Å²) in [5, 5.41) is 8.33. The molecule has 0 rings (SSSR count). The summed E-state index contributed by atoms with van der Waals surface area (Å²) in [5.41, 5.74) is 5.28. The largest absolute Gasteiger partial charge is 0.392 e. The molecule has 0 aromatic heterocycles. The predicted molar refractivity (Wildman–Crippen MR) is 43.7 cm³/mol. The van der Waals surface area contributed by atoms with E-state index in [1.807, 2.05) is 18.2 Å². The molecule has 0 aliphatic carbocycles. The Bertz CT molecular complexity index is 108. The number of rotatable bonds is 5. The average Bonchev–Trinajstić information content (AvgIpc) is 1.97. The lowest BCUT2D eigenvalue weighted by Crippen LogP contribution is -1.96. The van der Waals surface area contributed by atoms with Gasteiger partial charge in [0.1, 0.15) is 0 Å². The van der Waals surface area contributed by atoms with Crippen LogP contribution in [0.3, 0.4) is 0 Å². The third-order valence-electron chi connectivity index (χ3n) is 1.06. The first-order valence-electron chi connectivity index (χ1n) is 3.54. The summed E-state index contributed by atoms with van der Waals surface area (Å²) in [5.74, 6) is 0. The molecule has 0 saturated heterocycles. The second-order valence-electron chi connectivity index (χ2n) is 1.97. The summed E-state index contributed by atoms with van der Waals surface area (Å²) in [6, 6.07) is 0. The van der Waals surface area contributed by atoms with Gasteiger partial charge < -0.3 is 10.8 Å². The smallest absolute Gasteiger partial charge is 0.0615 e. The number of unbranched alkanes of at least 4 members (excludes halogenated alkanes) is 1. The number of aliphatic hydroxyl groups is 1. The fraction of sp³-hybridized carbons (Fsp3) is 0.500. The van der Waals surface area contributed by atoms with E-state index in [0.29, 0.717) is 0 Å². The van der Waals surface area contributed by atoms with E-state index in [4.69, 9.17) is 10.8 Å². The van der Waals surface area contributed by atoms with Crippen LogP contribution >= 0.6 is 0 Å². The van der Waals surface area contributed by atoms with Crippen molar-refractivity contribution >= 4 is 0 Å². The SMILES string of the molecule is NCCC/C=C/C=C/CO. The molecule has 0 spiro atoms. The lowest BCUT2D eigenvalue weighted by molar-refractivity contribution is 0.343. The van der Waals surface area contributed by atoms with Crippen LogP contribution in [0, 0.1) is 0 Å². The fourth-order valence-electron chi connectivity index (χ4n) is 0.550. The highest BCUT2D eigenvalue weighted by atomic mass is 16.2. The van der Waals surface area contributed by atoms with E-state index in [1.165, 1.54) is 0 Å². The molecule has 0 aromatic carbocycles. The van der Waals surface area contributed by atoms with Gasteiger partial charge in [-0.05, 0) is 19.4 Å². The van der Waals surface area contributed by atoms with Crippen molar-refractivity contribution in [1.29, 1.82) is 0 Å². The minimum absolute atomic E-state index is 0.112. The van der Waals surface area contributed by atoms with E-state index in [2.05, 4.69) is 0 Å². The van der Waals surface area contributed by atoms with Crippen molar-refractivity contribution in [2.24, 2.45) is 5.73 Å². The summed E-state index contributed by atoms with van der Waals surface area (Å²) in [7, 11) is 0. The standard InChI is InChI=1S/C8H15NO/c9-7-5-3-1-2-4-6-8-10/h1-2,4,6,10H,3,5,7-9H2/b2-1+,6-4+. The maximum atomic E-state index is 8.33. The van der Waals surface area contributed by atoms with Crippen LogP contribution in [-0.4, -0.2) is 18.3 Å². The Hall–Kier alpha value is -0.600. The molecule has 0 aliphatic rings. The second-order valence-corrected chi connectivity index (χ2v) is 1.97. The Morgan fingerprint density at radius 2 is 1.90 bits per heavy atom. The van der Waals surface area contributed by atoms with Crippen LogP contribution in [0.4, 0.5) is 0 Å². The normalized spacial score (nSPS) is 11.8. The van der Waals surface area contributed by atoms with Gasteiger partial charge >= 0.3 is 0 Å². The molecule has 0 fully saturated rings. The summed E-state index contributed by atoms with van der Waals surface area (Å²) < 4.78 is 0. The summed E-state index contributed by atoms with van der Waals surface area (Å²) >= 11 is 0. The number of aliphatic hydroxyl groups excluding tert-OH is 1. The van der Waals surface area contributed by atoms with Gasteiger partial charge in [0.05, 0.1) is 6.61 Å². The maximum Gasteiger partial charge on any atom is 0.0615 e. The first kappa shape index (κ1) is 9.40. The van der Waals surface area contributed by atoms with E-state index in [-0.39, 0.29) is 6.61 Å². The monoisotopic (exact) mass is 141 g/mol. The van der Waals surface area contributed by atoms with E-state index in [0.717, 1.165) is 19.4 Å². The van der Waals surface area contributed by atoms with Crippen LogP contribution < -0.4 is 5.73 Å². The lowest BCUT2D eigenvalue weighted by Gasteiger charge is -1.85. The van der Waals surface area contributed by atoms with E-state index in [9.17, 15) is 0 Å². The predicted octanol–water partition coefficient (Wildman–Crippen LogP) is 0.830. The van der Waals surface area contributed by atoms with Gasteiger partial charge in [-0.1, -0.05) is 24.3 Å². The van der Waals surface area contributed by atoms with E-state index in [1.54, 1.807) is 6.08 Å². The zero-order valence-corrected chi connectivity index (χ0v) is 6.16. The van der Waals surface area contributed by atoms with Gasteiger partial charge in [0.25, 0.3) is 0 Å². The van der Waals surface area contributed by atoms with Crippen LogP contribution in [0.1, 0.15) is 12.8 Å². The Balaban J connectivity index is 3.11. The van der Waals surface area contributed by atoms with Crippen molar-refractivity contribution in [3.05, 3.63) is 24.3 Å². The molecule has 0 bridgehead atoms. The molecule has 2 heteroatoms. The van der Waals surface area contributed by atoms with Crippen molar-refractivity contribution in [3.63, 3.8) is 0 Å². The first-order valence-corrected chi connectivity index (χ1v) is 3.54. The maximum absolute atomic E-state index is 8.33. The van der Waals surface area contributed by atoms with Gasteiger partial charge in [-0.15, -0.1) is 0 Å². The number of hydrogen-bond acceptors (Lipinski definition) is 2. The van der Waals surface area contributed by atoms with Crippen LogP contribution in [0.15, 0.2) is 24.3 Å². The van der Waals surface area contributed by atoms with E-state index < -0.39 is 0 Å². The molecule has 10 heavy (non-hydrogen) atoms. The van der Waals surface area contributed by atoms with Crippen LogP contribution in [0.25, 0.3) is 0 Å². The Morgan fingerprint density at radius 1 is 1.20 bits per heavy atom. The van der Waals surface area contributed by atoms with Crippen molar-refractivity contribution in [2.45, 2.75) is 12.8 Å². The first-order chi connectivity index (χ1) is 4.91. The average molecular weight is 141 g/mol. The fourth-order valence-corrected chi connectivity index (χ4v) is 0.550. The molecule has 0 atom stereocenters. The van der Waals surface area contributed by atoms with Crippen molar-refractivity contribution < 1.29 is 5.11 Å². The number of hydrogen-bond donors (Lipinski definition) is 2. The zero-order valence-electron chi connectivity index (χ0n) is 6.16. The molecule has 3 N–H and O–H groups in total. The molecule has 0 saturated carbocycles. The van der Waals surface area contributed by atoms with Crippen molar-refractivity contribution in [2.75, 3.05) is 13.2 Å². The van der Waals surface area contributed by atoms with Gasteiger partial charge in [0.15, 0.2) is 0 Å². The van der Waals surface area contributed by atoms with Crippen LogP contribution in [0.2, 0.25) is 0 Å². The summed E-state index contributed by atoms with van der Waals surface area (Å²) in [6.45, 7) is 0.856. The van der Waals surface area contributed by atoms with E-state index >= 15 is 0 Å². The zero-order chi connectivity index (χ0) is 7.66. The van der Waals surface area contributed by atoms with Gasteiger partial charge in [0, 0.05) is 0 Å². The van der Waals surface area contributed by atoms with Crippen molar-refractivity contribution in [3.8, 4) is 0 Å². The highest BCUT2D eigenvalue weighted by Gasteiger charge is 1.74. The molecule has 0 amide bonds. The minimum atomic E-state index is 0.112. The molecule has 0 aromatic rings. The molecule has 0 heterocycles. The third kappa shape index (κ3) is 7.40.